The maximum Gasteiger partial charge on any atom is 0.250 e. The molecule has 0 spiro atoms. The maximum atomic E-state index is 13.2. The molecule has 0 aliphatic carbocycles. The summed E-state index contributed by atoms with van der Waals surface area (Å²) in [5.74, 6) is 1.48. The quantitative estimate of drug-likeness (QED) is 0.624. The number of anilines is 1. The summed E-state index contributed by atoms with van der Waals surface area (Å²) in [6, 6.07) is 16.5. The number of nitrogens with zero attached hydrogens (tertiary/aromatic N) is 4. The van der Waals surface area contributed by atoms with E-state index in [1.807, 2.05) is 34.3 Å². The highest BCUT2D eigenvalue weighted by atomic mass is 16.5. The van der Waals surface area contributed by atoms with Gasteiger partial charge in [-0.25, -0.2) is 5.43 Å². The summed E-state index contributed by atoms with van der Waals surface area (Å²) in [6.07, 6.45) is 4.76. The van der Waals surface area contributed by atoms with E-state index in [9.17, 15) is 9.59 Å². The molecule has 196 valence electrons. The van der Waals surface area contributed by atoms with Gasteiger partial charge < -0.3 is 24.4 Å². The van der Waals surface area contributed by atoms with Crippen molar-refractivity contribution >= 4 is 17.5 Å². The molecule has 0 radical (unpaired) electrons. The van der Waals surface area contributed by atoms with Crippen molar-refractivity contribution < 1.29 is 14.3 Å². The van der Waals surface area contributed by atoms with Crippen molar-refractivity contribution in [3.8, 4) is 5.75 Å². The van der Waals surface area contributed by atoms with Crippen LogP contribution in [0.3, 0.4) is 0 Å². The molecule has 8 heteroatoms. The van der Waals surface area contributed by atoms with Gasteiger partial charge in [-0.15, -0.1) is 0 Å². The number of hydrazine groups is 1. The Labute approximate surface area is 219 Å². The Bertz CT molecular complexity index is 1140. The lowest BCUT2D eigenvalue weighted by atomic mass is 9.97. The fourth-order valence-electron chi connectivity index (χ4n) is 5.35. The Morgan fingerprint density at radius 3 is 2.51 bits per heavy atom. The van der Waals surface area contributed by atoms with Crippen molar-refractivity contribution in [3.05, 3.63) is 72.1 Å². The van der Waals surface area contributed by atoms with Gasteiger partial charge in [0.15, 0.2) is 0 Å². The highest BCUT2D eigenvalue weighted by Gasteiger charge is 2.40. The Morgan fingerprint density at radius 2 is 1.81 bits per heavy atom. The molecular weight excluding hydrogens is 466 g/mol. The lowest BCUT2D eigenvalue weighted by Crippen LogP contribution is -2.50. The van der Waals surface area contributed by atoms with Crippen LogP contribution >= 0.6 is 0 Å². The van der Waals surface area contributed by atoms with Crippen LogP contribution in [0.1, 0.15) is 49.8 Å². The average Bonchev–Trinajstić information content (AvgIpc) is 3.38. The van der Waals surface area contributed by atoms with Crippen molar-refractivity contribution in [2.75, 3.05) is 44.7 Å². The van der Waals surface area contributed by atoms with Gasteiger partial charge in [-0.3, -0.25) is 9.59 Å². The number of nitrogens with one attached hydrogen (secondary N) is 1. The second kappa shape index (κ2) is 10.8. The first-order valence-corrected chi connectivity index (χ1v) is 13.2. The van der Waals surface area contributed by atoms with Crippen molar-refractivity contribution in [1.29, 1.82) is 0 Å². The van der Waals surface area contributed by atoms with Crippen molar-refractivity contribution in [1.82, 2.24) is 20.2 Å². The zero-order valence-electron chi connectivity index (χ0n) is 22.0. The lowest BCUT2D eigenvalue weighted by Gasteiger charge is -2.37. The van der Waals surface area contributed by atoms with E-state index in [1.165, 1.54) is 11.1 Å². The molecule has 2 amide bonds. The lowest BCUT2D eigenvalue weighted by molar-refractivity contribution is -0.136. The Balaban J connectivity index is 1.11. The molecule has 3 aliphatic rings. The van der Waals surface area contributed by atoms with Gasteiger partial charge in [0.1, 0.15) is 11.8 Å². The summed E-state index contributed by atoms with van der Waals surface area (Å²) in [4.78, 5) is 32.0. The highest BCUT2D eigenvalue weighted by Crippen LogP contribution is 2.31. The summed E-state index contributed by atoms with van der Waals surface area (Å²) in [5, 5.41) is 1.92. The summed E-state index contributed by atoms with van der Waals surface area (Å²) in [6.45, 7) is 7.70. The Hall–Kier alpha value is -3.52. The minimum absolute atomic E-state index is 0.0481. The average molecular weight is 504 g/mol. The topological polar surface area (TPSA) is 68.4 Å². The molecule has 0 bridgehead atoms. The van der Waals surface area contributed by atoms with Crippen LogP contribution < -0.4 is 15.1 Å². The molecule has 5 rings (SSSR count). The zero-order valence-corrected chi connectivity index (χ0v) is 22.0. The fourth-order valence-corrected chi connectivity index (χ4v) is 5.35. The van der Waals surface area contributed by atoms with Crippen molar-refractivity contribution in [2.24, 2.45) is 0 Å². The molecule has 8 nitrogen and oxygen atoms in total. The molecule has 0 aromatic heterocycles. The third-order valence-electron chi connectivity index (χ3n) is 7.70. The number of carbonyl (C=O) groups is 2. The van der Waals surface area contributed by atoms with Gasteiger partial charge in [-0.2, -0.15) is 0 Å². The molecule has 3 aliphatic heterocycles. The van der Waals surface area contributed by atoms with Crippen LogP contribution in [0.15, 0.2) is 60.9 Å². The first-order chi connectivity index (χ1) is 17.9. The van der Waals surface area contributed by atoms with E-state index in [0.29, 0.717) is 38.4 Å². The van der Waals surface area contributed by atoms with Gasteiger partial charge in [-0.05, 0) is 35.6 Å². The van der Waals surface area contributed by atoms with E-state index < -0.39 is 0 Å². The third-order valence-corrected chi connectivity index (χ3v) is 7.70. The molecule has 37 heavy (non-hydrogen) atoms. The monoisotopic (exact) mass is 503 g/mol. The second-order valence-electron chi connectivity index (χ2n) is 10.3. The fraction of sp³-hybridized carbons (Fsp3) is 0.448. The van der Waals surface area contributed by atoms with Crippen LogP contribution in [0.25, 0.3) is 0 Å². The number of fused-ring (bicyclic) bond motifs is 1. The molecule has 2 atom stereocenters. The van der Waals surface area contributed by atoms with E-state index in [0.717, 1.165) is 24.5 Å². The normalized spacial score (nSPS) is 21.6. The van der Waals surface area contributed by atoms with E-state index in [2.05, 4.69) is 54.5 Å². The molecule has 3 heterocycles. The van der Waals surface area contributed by atoms with Crippen molar-refractivity contribution in [3.63, 3.8) is 0 Å². The number of piperazine rings is 1. The summed E-state index contributed by atoms with van der Waals surface area (Å²) < 4.78 is 5.33. The summed E-state index contributed by atoms with van der Waals surface area (Å²) in [5.41, 5.74) is 7.07. The smallest absolute Gasteiger partial charge is 0.250 e. The SMILES string of the molecule is COc1cccc(N2CCN(C(=O)CCN3C=CN4NC(c5ccc(C(C)C)cc5)CC4C3=O)CC2)c1. The Kier molecular flexibility index (Phi) is 7.37. The summed E-state index contributed by atoms with van der Waals surface area (Å²) >= 11 is 0. The number of rotatable bonds is 7. The summed E-state index contributed by atoms with van der Waals surface area (Å²) in [7, 11) is 1.67. The van der Waals surface area contributed by atoms with Crippen LogP contribution in [0.5, 0.6) is 5.75 Å². The molecule has 2 aromatic carbocycles. The van der Waals surface area contributed by atoms with E-state index in [1.54, 1.807) is 18.2 Å². The predicted octanol–water partition coefficient (Wildman–Crippen LogP) is 3.49. The molecule has 1 N–H and O–H groups in total. The number of amides is 2. The van der Waals surface area contributed by atoms with E-state index in [-0.39, 0.29) is 23.9 Å². The standard InChI is InChI=1S/C29H37N5O3/c1-21(2)22-7-9-23(10-8-22)26-20-27-29(36)33(17-18-34(27)30-26)12-11-28(35)32-15-13-31(14-16-32)24-5-4-6-25(19-24)37-3/h4-10,17-19,21,26-27,30H,11-16,20H2,1-3H3. The molecular formula is C29H37N5O3. The Morgan fingerprint density at radius 1 is 1.05 bits per heavy atom. The first kappa shape index (κ1) is 25.1. The predicted molar refractivity (Wildman–Crippen MR) is 144 cm³/mol. The van der Waals surface area contributed by atoms with Crippen molar-refractivity contribution in [2.45, 2.75) is 44.7 Å². The number of ether oxygens (including phenoxy) is 1. The van der Waals surface area contributed by atoms with Gasteiger partial charge in [0.25, 0.3) is 5.91 Å². The van der Waals surface area contributed by atoms with E-state index in [4.69, 9.17) is 4.74 Å². The third kappa shape index (κ3) is 5.44. The van der Waals surface area contributed by atoms with Crippen LogP contribution in [0.4, 0.5) is 5.69 Å². The van der Waals surface area contributed by atoms with Crippen LogP contribution in [-0.4, -0.2) is 72.5 Å². The number of hydrogen-bond donors (Lipinski definition) is 1. The number of carbonyl (C=O) groups excluding carboxylic acids is 2. The number of benzene rings is 2. The minimum atomic E-state index is -0.249. The highest BCUT2D eigenvalue weighted by molar-refractivity contribution is 5.85. The molecule has 2 saturated heterocycles. The molecule has 2 aromatic rings. The van der Waals surface area contributed by atoms with Gasteiger partial charge in [0, 0.05) is 63.3 Å². The van der Waals surface area contributed by atoms with Gasteiger partial charge in [0.05, 0.1) is 13.2 Å². The van der Waals surface area contributed by atoms with Gasteiger partial charge >= 0.3 is 0 Å². The molecule has 2 unspecified atom stereocenters. The zero-order chi connectivity index (χ0) is 25.9. The molecule has 0 saturated carbocycles. The minimum Gasteiger partial charge on any atom is -0.497 e. The first-order valence-electron chi connectivity index (χ1n) is 13.2. The molecule has 2 fully saturated rings. The van der Waals surface area contributed by atoms with E-state index >= 15 is 0 Å². The van der Waals surface area contributed by atoms with Gasteiger partial charge in [0.2, 0.25) is 5.91 Å². The van der Waals surface area contributed by atoms with Crippen LogP contribution in [-0.2, 0) is 9.59 Å². The maximum absolute atomic E-state index is 13.2. The number of methoxy groups -OCH3 is 1. The van der Waals surface area contributed by atoms with Crippen LogP contribution in [0, 0.1) is 0 Å². The van der Waals surface area contributed by atoms with Gasteiger partial charge in [-0.1, -0.05) is 44.2 Å². The largest absolute Gasteiger partial charge is 0.497 e. The second-order valence-corrected chi connectivity index (χ2v) is 10.3. The number of hydrogen-bond acceptors (Lipinski definition) is 6. The van der Waals surface area contributed by atoms with Crippen LogP contribution in [0.2, 0.25) is 0 Å².